The molecule has 31 heavy (non-hydrogen) atoms. The molecule has 3 rings (SSSR count). The van der Waals surface area contributed by atoms with E-state index in [0.29, 0.717) is 50.3 Å². The molecule has 0 saturated carbocycles. The van der Waals surface area contributed by atoms with Gasteiger partial charge in [-0.1, -0.05) is 24.3 Å². The first-order valence-electron chi connectivity index (χ1n) is 10.5. The number of amides is 2. The summed E-state index contributed by atoms with van der Waals surface area (Å²) < 4.78 is 16.7. The van der Waals surface area contributed by atoms with Crippen molar-refractivity contribution in [2.24, 2.45) is 0 Å². The zero-order chi connectivity index (χ0) is 22.2. The van der Waals surface area contributed by atoms with E-state index in [1.54, 1.807) is 19.4 Å². The van der Waals surface area contributed by atoms with Crippen molar-refractivity contribution in [3.63, 3.8) is 0 Å². The minimum atomic E-state index is -0.949. The van der Waals surface area contributed by atoms with Crippen LogP contribution in [-0.4, -0.2) is 65.4 Å². The summed E-state index contributed by atoms with van der Waals surface area (Å²) in [4.78, 5) is 29.4. The quantitative estimate of drug-likeness (QED) is 0.661. The van der Waals surface area contributed by atoms with E-state index in [9.17, 15) is 13.8 Å². The predicted octanol–water partition coefficient (Wildman–Crippen LogP) is 2.88. The van der Waals surface area contributed by atoms with E-state index in [1.807, 2.05) is 52.3 Å². The second-order valence-electron chi connectivity index (χ2n) is 7.79. The number of ether oxygens (including phenoxy) is 1. The minimum absolute atomic E-state index is 0.0312. The maximum atomic E-state index is 13.0. The molecular formula is C24H30N2O4S. The van der Waals surface area contributed by atoms with E-state index in [4.69, 9.17) is 4.74 Å². The van der Waals surface area contributed by atoms with E-state index in [-0.39, 0.29) is 11.8 Å². The lowest BCUT2D eigenvalue weighted by atomic mass is 10.1. The predicted molar refractivity (Wildman–Crippen MR) is 123 cm³/mol. The second-order valence-corrected chi connectivity index (χ2v) is 9.23. The topological polar surface area (TPSA) is 66.9 Å². The Morgan fingerprint density at radius 3 is 2.39 bits per heavy atom. The summed E-state index contributed by atoms with van der Waals surface area (Å²) in [5.74, 6) is 1.34. The van der Waals surface area contributed by atoms with Crippen LogP contribution in [0.5, 0.6) is 5.75 Å². The van der Waals surface area contributed by atoms with Gasteiger partial charge in [0.05, 0.1) is 7.11 Å². The van der Waals surface area contributed by atoms with Crippen LogP contribution in [0.25, 0.3) is 0 Å². The molecule has 2 aromatic rings. The summed E-state index contributed by atoms with van der Waals surface area (Å²) in [6, 6.07) is 15.1. The van der Waals surface area contributed by atoms with Crippen molar-refractivity contribution >= 4 is 22.6 Å². The number of hydrogen-bond donors (Lipinski definition) is 0. The lowest BCUT2D eigenvalue weighted by Gasteiger charge is -2.22. The van der Waals surface area contributed by atoms with Crippen LogP contribution in [0.15, 0.2) is 48.5 Å². The van der Waals surface area contributed by atoms with Gasteiger partial charge in [0.2, 0.25) is 5.91 Å². The Hall–Kier alpha value is -2.67. The van der Waals surface area contributed by atoms with E-state index >= 15 is 0 Å². The Balaban J connectivity index is 1.53. The van der Waals surface area contributed by atoms with E-state index in [2.05, 4.69) is 0 Å². The Morgan fingerprint density at radius 2 is 1.68 bits per heavy atom. The van der Waals surface area contributed by atoms with Gasteiger partial charge in [0, 0.05) is 61.0 Å². The molecule has 1 unspecified atom stereocenters. The number of nitrogens with zero attached hydrogens (tertiary/aromatic N) is 2. The highest BCUT2D eigenvalue weighted by Crippen LogP contribution is 2.15. The first-order valence-corrected chi connectivity index (χ1v) is 12.3. The lowest BCUT2D eigenvalue weighted by Crippen LogP contribution is -2.37. The molecule has 0 N–H and O–H groups in total. The average molecular weight is 443 g/mol. The highest BCUT2D eigenvalue weighted by molar-refractivity contribution is 7.83. The van der Waals surface area contributed by atoms with E-state index in [0.717, 1.165) is 23.3 Å². The molecule has 2 aromatic carbocycles. The van der Waals surface area contributed by atoms with Gasteiger partial charge >= 0.3 is 0 Å². The molecular weight excluding hydrogens is 412 g/mol. The normalized spacial score (nSPS) is 15.3. The smallest absolute Gasteiger partial charge is 0.253 e. The molecule has 1 aliphatic rings. The third kappa shape index (κ3) is 6.66. The van der Waals surface area contributed by atoms with Crippen LogP contribution in [0.3, 0.4) is 0 Å². The summed E-state index contributed by atoms with van der Waals surface area (Å²) in [6.07, 6.45) is 3.56. The minimum Gasteiger partial charge on any atom is -0.497 e. The molecule has 7 heteroatoms. The van der Waals surface area contributed by atoms with Crippen molar-refractivity contribution in [3.8, 4) is 5.75 Å². The molecule has 1 atom stereocenters. The number of benzene rings is 2. The van der Waals surface area contributed by atoms with Gasteiger partial charge in [0.15, 0.2) is 0 Å². The third-order valence-electron chi connectivity index (χ3n) is 5.47. The van der Waals surface area contributed by atoms with Gasteiger partial charge in [-0.2, -0.15) is 0 Å². The molecule has 1 saturated heterocycles. The molecule has 0 aromatic heterocycles. The molecule has 0 bridgehead atoms. The fourth-order valence-electron chi connectivity index (χ4n) is 3.78. The Morgan fingerprint density at radius 1 is 0.968 bits per heavy atom. The van der Waals surface area contributed by atoms with Crippen LogP contribution in [0.1, 0.15) is 34.3 Å². The third-order valence-corrected chi connectivity index (χ3v) is 6.21. The molecule has 0 aliphatic carbocycles. The van der Waals surface area contributed by atoms with Crippen LogP contribution in [0.4, 0.5) is 0 Å². The maximum Gasteiger partial charge on any atom is 0.253 e. The van der Waals surface area contributed by atoms with Gasteiger partial charge in [-0.05, 0) is 48.2 Å². The summed E-state index contributed by atoms with van der Waals surface area (Å²) in [5.41, 5.74) is 2.62. The summed E-state index contributed by atoms with van der Waals surface area (Å²) in [7, 11) is 0.686. The highest BCUT2D eigenvalue weighted by Gasteiger charge is 2.23. The summed E-state index contributed by atoms with van der Waals surface area (Å²) in [5, 5.41) is 0. The van der Waals surface area contributed by atoms with Crippen LogP contribution in [0, 0.1) is 0 Å². The largest absolute Gasteiger partial charge is 0.497 e. The molecule has 0 radical (unpaired) electrons. The molecule has 166 valence electrons. The SMILES string of the molecule is COc1ccc(CCC(=O)N2CCCN(C(=O)c3cccc(CS(C)=O)c3)CC2)cc1. The first kappa shape index (κ1) is 23.0. The molecule has 2 amide bonds. The number of rotatable bonds is 7. The first-order chi connectivity index (χ1) is 15.0. The van der Waals surface area contributed by atoms with Gasteiger partial charge in [-0.15, -0.1) is 0 Å². The maximum absolute atomic E-state index is 13.0. The fraction of sp³-hybridized carbons (Fsp3) is 0.417. The molecule has 1 fully saturated rings. The molecule has 6 nitrogen and oxygen atoms in total. The second kappa shape index (κ2) is 11.1. The molecule has 0 spiro atoms. The fourth-order valence-corrected chi connectivity index (χ4v) is 4.43. The lowest BCUT2D eigenvalue weighted by molar-refractivity contribution is -0.131. The summed E-state index contributed by atoms with van der Waals surface area (Å²) >= 11 is 0. The van der Waals surface area contributed by atoms with Crippen molar-refractivity contribution in [3.05, 3.63) is 65.2 Å². The zero-order valence-electron chi connectivity index (χ0n) is 18.2. The van der Waals surface area contributed by atoms with Crippen LogP contribution >= 0.6 is 0 Å². The van der Waals surface area contributed by atoms with Crippen molar-refractivity contribution in [2.45, 2.75) is 25.0 Å². The average Bonchev–Trinajstić information content (AvgIpc) is 3.03. The number of carbonyl (C=O) groups excluding carboxylic acids is 2. The monoisotopic (exact) mass is 442 g/mol. The van der Waals surface area contributed by atoms with Crippen LogP contribution in [-0.2, 0) is 27.8 Å². The van der Waals surface area contributed by atoms with E-state index in [1.165, 1.54) is 0 Å². The summed E-state index contributed by atoms with van der Waals surface area (Å²) in [6.45, 7) is 2.37. The Labute approximate surface area is 186 Å². The van der Waals surface area contributed by atoms with Gasteiger partial charge in [0.1, 0.15) is 5.75 Å². The number of aryl methyl sites for hydroxylation is 1. The number of carbonyl (C=O) groups is 2. The van der Waals surface area contributed by atoms with Crippen LogP contribution in [0.2, 0.25) is 0 Å². The van der Waals surface area contributed by atoms with Gasteiger partial charge < -0.3 is 14.5 Å². The van der Waals surface area contributed by atoms with Crippen molar-refractivity contribution in [1.29, 1.82) is 0 Å². The van der Waals surface area contributed by atoms with Gasteiger partial charge in [0.25, 0.3) is 5.91 Å². The molecule has 1 heterocycles. The highest BCUT2D eigenvalue weighted by atomic mass is 32.2. The Kier molecular flexibility index (Phi) is 8.23. The number of hydrogen-bond acceptors (Lipinski definition) is 4. The Bertz CT molecular complexity index is 929. The van der Waals surface area contributed by atoms with Gasteiger partial charge in [-0.3, -0.25) is 13.8 Å². The van der Waals surface area contributed by atoms with Crippen LogP contribution < -0.4 is 4.74 Å². The van der Waals surface area contributed by atoms with Crippen molar-refractivity contribution < 1.29 is 18.5 Å². The standard InChI is InChI=1S/C24H30N2O4S/c1-30-22-10-7-19(8-11-22)9-12-23(27)25-13-4-14-26(16-15-25)24(28)21-6-3-5-20(17-21)18-31(2)29/h3,5-8,10-11,17H,4,9,12-16,18H2,1-2H3. The van der Waals surface area contributed by atoms with Gasteiger partial charge in [-0.25, -0.2) is 0 Å². The van der Waals surface area contributed by atoms with Crippen molar-refractivity contribution in [2.75, 3.05) is 39.5 Å². The zero-order valence-corrected chi connectivity index (χ0v) is 19.0. The van der Waals surface area contributed by atoms with Crippen molar-refractivity contribution in [1.82, 2.24) is 9.80 Å². The molecule has 1 aliphatic heterocycles. The van der Waals surface area contributed by atoms with E-state index < -0.39 is 10.8 Å². The number of methoxy groups -OCH3 is 1.